The number of para-hydroxylation sites is 1. The summed E-state index contributed by atoms with van der Waals surface area (Å²) in [6.07, 6.45) is 1.20. The molecule has 1 fully saturated rings. The van der Waals surface area contributed by atoms with Crippen molar-refractivity contribution in [1.82, 2.24) is 9.88 Å². The molecule has 0 bridgehead atoms. The second-order valence-corrected chi connectivity index (χ2v) is 10.2. The van der Waals surface area contributed by atoms with Gasteiger partial charge in [0.2, 0.25) is 5.91 Å². The summed E-state index contributed by atoms with van der Waals surface area (Å²) in [7, 11) is -3.47. The number of piperidine rings is 1. The first-order chi connectivity index (χ1) is 15.3. The van der Waals surface area contributed by atoms with Crippen molar-refractivity contribution < 1.29 is 17.9 Å². The Morgan fingerprint density at radius 2 is 1.81 bits per heavy atom. The molecule has 0 atom stereocenters. The van der Waals surface area contributed by atoms with Gasteiger partial charge in [-0.3, -0.25) is 14.7 Å². The van der Waals surface area contributed by atoms with Crippen LogP contribution < -0.4 is 10.5 Å². The van der Waals surface area contributed by atoms with Crippen LogP contribution in [0.1, 0.15) is 24.1 Å². The monoisotopic (exact) mass is 453 g/mol. The van der Waals surface area contributed by atoms with Gasteiger partial charge in [-0.25, -0.2) is 8.42 Å². The van der Waals surface area contributed by atoms with Crippen molar-refractivity contribution in [3.05, 3.63) is 65.9 Å². The molecule has 0 spiro atoms. The molecule has 1 saturated heterocycles. The van der Waals surface area contributed by atoms with E-state index in [1.807, 2.05) is 42.2 Å². The van der Waals surface area contributed by atoms with Crippen LogP contribution in [-0.2, 0) is 21.2 Å². The lowest BCUT2D eigenvalue weighted by atomic mass is 9.97. The number of likely N-dealkylation sites (tertiary alicyclic amines) is 1. The van der Waals surface area contributed by atoms with Crippen LogP contribution >= 0.6 is 0 Å². The number of carbonyl (C=O) groups excluding carboxylic acids is 1. The van der Waals surface area contributed by atoms with Crippen LogP contribution in [0, 0.1) is 12.8 Å². The minimum absolute atomic E-state index is 0.0685. The molecule has 0 aliphatic carbocycles. The van der Waals surface area contributed by atoms with E-state index in [1.54, 1.807) is 24.3 Å². The standard InChI is InChI=1S/C24H27N3O4S/c1-17-14-19(22-4-2-3-5-23(22)26-17)15-31-20-6-8-21(9-7-20)32(29,30)16-27-12-10-18(11-13-27)24(25)28/h2-9,14,18H,10-13,15-16H2,1H3,(H2,25,28). The number of hydrogen-bond donors (Lipinski definition) is 1. The molecular weight excluding hydrogens is 426 g/mol. The maximum absolute atomic E-state index is 12.8. The normalized spacial score (nSPS) is 15.7. The number of carbonyl (C=O) groups is 1. The lowest BCUT2D eigenvalue weighted by molar-refractivity contribution is -0.123. The van der Waals surface area contributed by atoms with Gasteiger partial charge in [0, 0.05) is 22.6 Å². The van der Waals surface area contributed by atoms with Gasteiger partial charge in [-0.1, -0.05) is 18.2 Å². The number of nitrogens with zero attached hydrogens (tertiary/aromatic N) is 2. The fraction of sp³-hybridized carbons (Fsp3) is 0.333. The summed E-state index contributed by atoms with van der Waals surface area (Å²) in [5.41, 5.74) is 8.23. The van der Waals surface area contributed by atoms with E-state index >= 15 is 0 Å². The molecule has 0 saturated carbocycles. The van der Waals surface area contributed by atoms with Crippen molar-refractivity contribution in [1.29, 1.82) is 0 Å². The number of sulfone groups is 1. The fourth-order valence-corrected chi connectivity index (χ4v) is 5.52. The van der Waals surface area contributed by atoms with Crippen LogP contribution in [0.2, 0.25) is 0 Å². The number of ether oxygens (including phenoxy) is 1. The second kappa shape index (κ2) is 9.26. The summed E-state index contributed by atoms with van der Waals surface area (Å²) in [6, 6.07) is 16.4. The predicted molar refractivity (Wildman–Crippen MR) is 123 cm³/mol. The van der Waals surface area contributed by atoms with E-state index in [0.717, 1.165) is 22.2 Å². The highest BCUT2D eigenvalue weighted by molar-refractivity contribution is 7.91. The molecule has 1 aromatic heterocycles. The Morgan fingerprint density at radius 1 is 1.12 bits per heavy atom. The zero-order valence-electron chi connectivity index (χ0n) is 18.0. The number of rotatable bonds is 7. The van der Waals surface area contributed by atoms with Crippen molar-refractivity contribution in [2.75, 3.05) is 19.0 Å². The number of aromatic nitrogens is 1. The predicted octanol–water partition coefficient (Wildman–Crippen LogP) is 3.05. The lowest BCUT2D eigenvalue weighted by Gasteiger charge is -2.30. The Bertz CT molecular complexity index is 1220. The first kappa shape index (κ1) is 22.2. The van der Waals surface area contributed by atoms with E-state index in [0.29, 0.717) is 38.3 Å². The van der Waals surface area contributed by atoms with E-state index in [1.165, 1.54) is 0 Å². The molecule has 3 aromatic rings. The first-order valence-corrected chi connectivity index (χ1v) is 12.3. The summed E-state index contributed by atoms with van der Waals surface area (Å²) >= 11 is 0. The molecule has 0 unspecified atom stereocenters. The maximum atomic E-state index is 12.8. The third-order valence-corrected chi connectivity index (χ3v) is 7.55. The van der Waals surface area contributed by atoms with E-state index < -0.39 is 9.84 Å². The largest absolute Gasteiger partial charge is 0.489 e. The molecule has 1 aliphatic heterocycles. The summed E-state index contributed by atoms with van der Waals surface area (Å²) in [5.74, 6) is 0.0653. The molecule has 2 N–H and O–H groups in total. The highest BCUT2D eigenvalue weighted by Crippen LogP contribution is 2.23. The average Bonchev–Trinajstić information content (AvgIpc) is 2.77. The minimum atomic E-state index is -3.47. The van der Waals surface area contributed by atoms with Crippen LogP contribution in [-0.4, -0.2) is 43.2 Å². The van der Waals surface area contributed by atoms with Gasteiger partial charge in [0.15, 0.2) is 9.84 Å². The van der Waals surface area contributed by atoms with Gasteiger partial charge in [-0.2, -0.15) is 0 Å². The van der Waals surface area contributed by atoms with Crippen molar-refractivity contribution in [3.8, 4) is 5.75 Å². The molecule has 32 heavy (non-hydrogen) atoms. The van der Waals surface area contributed by atoms with Gasteiger partial charge >= 0.3 is 0 Å². The third-order valence-electron chi connectivity index (χ3n) is 5.85. The minimum Gasteiger partial charge on any atom is -0.489 e. The highest BCUT2D eigenvalue weighted by Gasteiger charge is 2.26. The molecule has 0 radical (unpaired) electrons. The van der Waals surface area contributed by atoms with Crippen molar-refractivity contribution in [2.45, 2.75) is 31.3 Å². The maximum Gasteiger partial charge on any atom is 0.220 e. The van der Waals surface area contributed by atoms with Gasteiger partial charge in [-0.05, 0) is 69.3 Å². The molecular formula is C24H27N3O4S. The van der Waals surface area contributed by atoms with Gasteiger partial charge in [0.25, 0.3) is 0 Å². The Labute approximate surface area is 188 Å². The third kappa shape index (κ3) is 5.08. The molecule has 168 valence electrons. The number of benzene rings is 2. The molecule has 2 heterocycles. The summed E-state index contributed by atoms with van der Waals surface area (Å²) < 4.78 is 31.5. The molecule has 1 amide bonds. The van der Waals surface area contributed by atoms with Crippen molar-refractivity contribution in [2.24, 2.45) is 11.7 Å². The molecule has 2 aromatic carbocycles. The van der Waals surface area contributed by atoms with E-state index in [9.17, 15) is 13.2 Å². The van der Waals surface area contributed by atoms with E-state index in [2.05, 4.69) is 4.98 Å². The molecule has 1 aliphatic rings. The van der Waals surface area contributed by atoms with Crippen LogP contribution in [0.5, 0.6) is 5.75 Å². The van der Waals surface area contributed by atoms with Crippen molar-refractivity contribution in [3.63, 3.8) is 0 Å². The molecule has 4 rings (SSSR count). The van der Waals surface area contributed by atoms with Gasteiger partial charge < -0.3 is 10.5 Å². The number of pyridine rings is 1. The molecule has 7 nitrogen and oxygen atoms in total. The fourth-order valence-electron chi connectivity index (χ4n) is 4.08. The number of fused-ring (bicyclic) bond motifs is 1. The van der Waals surface area contributed by atoms with Gasteiger partial charge in [0.1, 0.15) is 18.2 Å². The van der Waals surface area contributed by atoms with E-state index in [-0.39, 0.29) is 22.6 Å². The number of amides is 1. The summed E-state index contributed by atoms with van der Waals surface area (Å²) in [5, 5.41) is 1.04. The zero-order valence-corrected chi connectivity index (χ0v) is 18.8. The quantitative estimate of drug-likeness (QED) is 0.590. The Morgan fingerprint density at radius 3 is 2.50 bits per heavy atom. The summed E-state index contributed by atoms with van der Waals surface area (Å²) in [6.45, 7) is 3.41. The van der Waals surface area contributed by atoms with Crippen LogP contribution in [0.25, 0.3) is 10.9 Å². The topological polar surface area (TPSA) is 103 Å². The zero-order chi connectivity index (χ0) is 22.7. The second-order valence-electron chi connectivity index (χ2n) is 8.24. The summed E-state index contributed by atoms with van der Waals surface area (Å²) in [4.78, 5) is 18.0. The van der Waals surface area contributed by atoms with Gasteiger partial charge in [0.05, 0.1) is 10.4 Å². The van der Waals surface area contributed by atoms with Crippen molar-refractivity contribution >= 4 is 26.6 Å². The van der Waals surface area contributed by atoms with Crippen LogP contribution in [0.4, 0.5) is 0 Å². The average molecular weight is 454 g/mol. The van der Waals surface area contributed by atoms with Crippen LogP contribution in [0.3, 0.4) is 0 Å². The van der Waals surface area contributed by atoms with Crippen LogP contribution in [0.15, 0.2) is 59.5 Å². The Kier molecular flexibility index (Phi) is 6.43. The Balaban J connectivity index is 1.40. The SMILES string of the molecule is Cc1cc(COc2ccc(S(=O)(=O)CN3CCC(C(N)=O)CC3)cc2)c2ccccc2n1. The van der Waals surface area contributed by atoms with E-state index in [4.69, 9.17) is 10.5 Å². The number of primary amides is 1. The highest BCUT2D eigenvalue weighted by atomic mass is 32.2. The Hall–Kier alpha value is -2.97. The first-order valence-electron chi connectivity index (χ1n) is 10.6. The smallest absolute Gasteiger partial charge is 0.220 e. The lowest BCUT2D eigenvalue weighted by Crippen LogP contribution is -2.40. The van der Waals surface area contributed by atoms with Gasteiger partial charge in [-0.15, -0.1) is 0 Å². The number of hydrogen-bond acceptors (Lipinski definition) is 6. The number of nitrogens with two attached hydrogens (primary N) is 1. The number of aryl methyl sites for hydroxylation is 1. The molecule has 8 heteroatoms.